The van der Waals surface area contributed by atoms with E-state index in [9.17, 15) is 34.2 Å². The Hall–Kier alpha value is -3.50. The standard InChI is InChI=1S/C21H40N8O8/c1-11(30)16(23)19(35)28-12(5-2-3-9-22)17(33)27-13(7-8-15(31)32)18(34)29-14(20(36)37)6-4-10-26-21(24)25/h11-14,16,30H,2-10,22-23H2,1H3,(H,27,33)(H,28,35)(H,29,34)(H,31,32)(H,36,37)(H4,24,25,26). The SMILES string of the molecule is CC(O)C(N)C(=O)NC(CCCCN)C(=O)NC(CCC(=O)O)C(=O)NC(CCCN=C(N)N)C(=O)O. The number of nitrogens with zero attached hydrogens (tertiary/aromatic N) is 1. The van der Waals surface area contributed by atoms with Crippen molar-refractivity contribution >= 4 is 35.6 Å². The highest BCUT2D eigenvalue weighted by Gasteiger charge is 2.31. The van der Waals surface area contributed by atoms with Gasteiger partial charge in [0.25, 0.3) is 0 Å². The van der Waals surface area contributed by atoms with Gasteiger partial charge in [0, 0.05) is 13.0 Å². The average molecular weight is 533 g/mol. The van der Waals surface area contributed by atoms with Crippen molar-refractivity contribution in [2.24, 2.45) is 27.9 Å². The molecule has 0 saturated carbocycles. The van der Waals surface area contributed by atoms with Gasteiger partial charge in [0.05, 0.1) is 6.10 Å². The van der Waals surface area contributed by atoms with E-state index in [0.29, 0.717) is 19.4 Å². The van der Waals surface area contributed by atoms with Crippen molar-refractivity contribution in [3.05, 3.63) is 0 Å². The van der Waals surface area contributed by atoms with Gasteiger partial charge in [-0.3, -0.25) is 24.2 Å². The van der Waals surface area contributed by atoms with Gasteiger partial charge in [-0.15, -0.1) is 0 Å². The van der Waals surface area contributed by atoms with Crippen LogP contribution in [-0.2, 0) is 24.0 Å². The zero-order chi connectivity index (χ0) is 28.5. The van der Waals surface area contributed by atoms with E-state index in [4.69, 9.17) is 28.0 Å². The molecular weight excluding hydrogens is 492 g/mol. The Labute approximate surface area is 214 Å². The summed E-state index contributed by atoms with van der Waals surface area (Å²) in [5.74, 6) is -5.30. The van der Waals surface area contributed by atoms with E-state index in [2.05, 4.69) is 20.9 Å². The number of aliphatic hydroxyl groups is 1. The molecule has 0 bridgehead atoms. The number of rotatable bonds is 19. The number of aliphatic imine (C=N–C) groups is 1. The Morgan fingerprint density at radius 3 is 1.81 bits per heavy atom. The molecule has 0 saturated heterocycles. The van der Waals surface area contributed by atoms with Crippen LogP contribution in [0.15, 0.2) is 4.99 Å². The number of carboxylic acids is 2. The Morgan fingerprint density at radius 2 is 1.32 bits per heavy atom. The van der Waals surface area contributed by atoms with Crippen molar-refractivity contribution in [3.63, 3.8) is 0 Å². The smallest absolute Gasteiger partial charge is 0.326 e. The van der Waals surface area contributed by atoms with Crippen LogP contribution < -0.4 is 38.9 Å². The number of guanidine groups is 1. The minimum Gasteiger partial charge on any atom is -0.481 e. The van der Waals surface area contributed by atoms with Crippen LogP contribution in [-0.4, -0.2) is 94.3 Å². The molecule has 0 spiro atoms. The molecule has 3 amide bonds. The van der Waals surface area contributed by atoms with Gasteiger partial charge in [-0.25, -0.2) is 4.79 Å². The molecule has 0 radical (unpaired) electrons. The van der Waals surface area contributed by atoms with Crippen molar-refractivity contribution in [2.45, 2.75) is 82.1 Å². The molecule has 0 aliphatic heterocycles. The second-order valence-electron chi connectivity index (χ2n) is 8.45. The minimum atomic E-state index is -1.41. The summed E-state index contributed by atoms with van der Waals surface area (Å²) < 4.78 is 0. The number of hydrogen-bond acceptors (Lipinski definition) is 9. The molecule has 16 nitrogen and oxygen atoms in total. The second kappa shape index (κ2) is 17.9. The Bertz CT molecular complexity index is 803. The zero-order valence-corrected chi connectivity index (χ0v) is 20.9. The summed E-state index contributed by atoms with van der Waals surface area (Å²) in [7, 11) is 0. The monoisotopic (exact) mass is 532 g/mol. The largest absolute Gasteiger partial charge is 0.481 e. The van der Waals surface area contributed by atoms with Gasteiger partial charge in [-0.05, 0) is 52.0 Å². The maximum atomic E-state index is 13.0. The van der Waals surface area contributed by atoms with E-state index in [1.54, 1.807) is 0 Å². The number of amides is 3. The topological polar surface area (TPSA) is 299 Å². The van der Waals surface area contributed by atoms with E-state index in [-0.39, 0.29) is 38.2 Å². The predicted molar refractivity (Wildman–Crippen MR) is 133 cm³/mol. The van der Waals surface area contributed by atoms with Crippen molar-refractivity contribution in [3.8, 4) is 0 Å². The molecule has 5 atom stereocenters. The summed E-state index contributed by atoms with van der Waals surface area (Å²) in [6.45, 7) is 1.76. The fourth-order valence-electron chi connectivity index (χ4n) is 3.09. The molecule has 0 aromatic rings. The maximum Gasteiger partial charge on any atom is 0.326 e. The molecule has 0 aliphatic carbocycles. The van der Waals surface area contributed by atoms with Crippen LogP contribution in [0.5, 0.6) is 0 Å². The summed E-state index contributed by atoms with van der Waals surface area (Å²) in [5, 5.41) is 35.1. The molecule has 14 N–H and O–H groups in total. The van der Waals surface area contributed by atoms with Crippen molar-refractivity contribution in [1.82, 2.24) is 16.0 Å². The van der Waals surface area contributed by atoms with Crippen molar-refractivity contribution in [1.29, 1.82) is 0 Å². The molecular formula is C21H40N8O8. The normalized spacial score (nSPS) is 14.8. The Morgan fingerprint density at radius 1 is 0.811 bits per heavy atom. The van der Waals surface area contributed by atoms with Crippen molar-refractivity contribution < 1.29 is 39.3 Å². The number of nitrogens with two attached hydrogens (primary N) is 4. The van der Waals surface area contributed by atoms with Crippen LogP contribution in [0.1, 0.15) is 51.9 Å². The van der Waals surface area contributed by atoms with Crippen LogP contribution in [0.2, 0.25) is 0 Å². The molecule has 0 rings (SSSR count). The van der Waals surface area contributed by atoms with Gasteiger partial charge in [0.1, 0.15) is 24.2 Å². The quantitative estimate of drug-likeness (QED) is 0.0436. The zero-order valence-electron chi connectivity index (χ0n) is 20.9. The van der Waals surface area contributed by atoms with Crippen LogP contribution >= 0.6 is 0 Å². The Balaban J connectivity index is 5.56. The lowest BCUT2D eigenvalue weighted by Crippen LogP contribution is -2.58. The molecule has 37 heavy (non-hydrogen) atoms. The second-order valence-corrected chi connectivity index (χ2v) is 8.45. The van der Waals surface area contributed by atoms with E-state index in [1.807, 2.05) is 0 Å². The number of aliphatic carboxylic acids is 2. The molecule has 0 aromatic heterocycles. The van der Waals surface area contributed by atoms with Gasteiger partial charge in [0.2, 0.25) is 17.7 Å². The number of nitrogens with one attached hydrogen (secondary N) is 3. The first kappa shape index (κ1) is 33.5. The van der Waals surface area contributed by atoms with Crippen LogP contribution in [0.25, 0.3) is 0 Å². The van der Waals surface area contributed by atoms with Gasteiger partial charge in [-0.1, -0.05) is 0 Å². The van der Waals surface area contributed by atoms with E-state index in [0.717, 1.165) is 0 Å². The number of unbranched alkanes of at least 4 members (excludes halogenated alkanes) is 1. The van der Waals surface area contributed by atoms with Crippen molar-refractivity contribution in [2.75, 3.05) is 13.1 Å². The maximum absolute atomic E-state index is 13.0. The number of carbonyl (C=O) groups is 5. The van der Waals surface area contributed by atoms with Gasteiger partial charge in [-0.2, -0.15) is 0 Å². The fraction of sp³-hybridized carbons (Fsp3) is 0.714. The molecule has 16 heteroatoms. The third-order valence-corrected chi connectivity index (χ3v) is 5.24. The average Bonchev–Trinajstić information content (AvgIpc) is 2.81. The van der Waals surface area contributed by atoms with Crippen LogP contribution in [0.4, 0.5) is 0 Å². The third kappa shape index (κ3) is 14.6. The van der Waals surface area contributed by atoms with Crippen LogP contribution in [0.3, 0.4) is 0 Å². The first-order valence-corrected chi connectivity index (χ1v) is 11.8. The molecule has 212 valence electrons. The van der Waals surface area contributed by atoms with Gasteiger partial charge >= 0.3 is 11.9 Å². The number of carbonyl (C=O) groups excluding carboxylic acids is 3. The lowest BCUT2D eigenvalue weighted by atomic mass is 10.0. The number of hydrogen-bond donors (Lipinski definition) is 10. The highest BCUT2D eigenvalue weighted by Crippen LogP contribution is 2.07. The van der Waals surface area contributed by atoms with Crippen LogP contribution in [0, 0.1) is 0 Å². The Kier molecular flexibility index (Phi) is 16.2. The number of carboxylic acid groups (broad SMARTS) is 2. The summed E-state index contributed by atoms with van der Waals surface area (Å²) in [6.07, 6.45) is -0.764. The summed E-state index contributed by atoms with van der Waals surface area (Å²) >= 11 is 0. The summed E-state index contributed by atoms with van der Waals surface area (Å²) in [5.41, 5.74) is 21.5. The molecule has 0 aliphatic rings. The lowest BCUT2D eigenvalue weighted by Gasteiger charge is -2.25. The number of aliphatic hydroxyl groups excluding tert-OH is 1. The minimum absolute atomic E-state index is 0.0353. The van der Waals surface area contributed by atoms with Gasteiger partial charge in [0.15, 0.2) is 5.96 Å². The first-order chi connectivity index (χ1) is 17.3. The predicted octanol–water partition coefficient (Wildman–Crippen LogP) is -3.72. The van der Waals surface area contributed by atoms with E-state index >= 15 is 0 Å². The molecule has 5 unspecified atom stereocenters. The lowest BCUT2D eigenvalue weighted by molar-refractivity contribution is -0.143. The fourth-order valence-corrected chi connectivity index (χ4v) is 3.09. The highest BCUT2D eigenvalue weighted by molar-refractivity contribution is 5.94. The van der Waals surface area contributed by atoms with Gasteiger partial charge < -0.3 is 54.2 Å². The molecule has 0 aromatic carbocycles. The third-order valence-electron chi connectivity index (χ3n) is 5.24. The van der Waals surface area contributed by atoms with E-state index in [1.165, 1.54) is 6.92 Å². The molecule has 0 heterocycles. The molecule has 0 fully saturated rings. The summed E-state index contributed by atoms with van der Waals surface area (Å²) in [4.78, 5) is 64.5. The summed E-state index contributed by atoms with van der Waals surface area (Å²) in [6, 6.07) is -5.25. The first-order valence-electron chi connectivity index (χ1n) is 11.8. The highest BCUT2D eigenvalue weighted by atomic mass is 16.4. The van der Waals surface area contributed by atoms with E-state index < -0.39 is 66.4 Å².